The second-order valence-corrected chi connectivity index (χ2v) is 7.37. The topological polar surface area (TPSA) is 44.8 Å². The van der Waals surface area contributed by atoms with Crippen LogP contribution >= 0.6 is 0 Å². The van der Waals surface area contributed by atoms with E-state index in [0.29, 0.717) is 16.9 Å². The zero-order valence-corrected chi connectivity index (χ0v) is 18.6. The molecule has 4 nitrogen and oxygen atoms in total. The largest absolute Gasteiger partial charge is 0.497 e. The molecule has 0 amide bonds. The van der Waals surface area contributed by atoms with E-state index in [9.17, 15) is 22.4 Å². The third-order valence-electron chi connectivity index (χ3n) is 5.35. The van der Waals surface area contributed by atoms with Crippen molar-refractivity contribution in [1.29, 1.82) is 0 Å². The van der Waals surface area contributed by atoms with Crippen LogP contribution in [0.2, 0.25) is 0 Å². The van der Waals surface area contributed by atoms with E-state index in [2.05, 4.69) is 4.74 Å². The smallest absolute Gasteiger partial charge is 0.346 e. The summed E-state index contributed by atoms with van der Waals surface area (Å²) in [5.74, 6) is -5.65. The molecule has 0 aliphatic heterocycles. The van der Waals surface area contributed by atoms with E-state index in [-0.39, 0.29) is 22.6 Å². The van der Waals surface area contributed by atoms with Gasteiger partial charge in [0.2, 0.25) is 5.82 Å². The number of methoxy groups -OCH3 is 2. The van der Waals surface area contributed by atoms with E-state index in [0.717, 1.165) is 12.1 Å². The first-order chi connectivity index (χ1) is 16.8. The highest BCUT2D eigenvalue weighted by atomic mass is 19.2. The van der Waals surface area contributed by atoms with E-state index in [1.54, 1.807) is 24.3 Å². The Kier molecular flexibility index (Phi) is 6.73. The molecule has 0 radical (unpaired) electrons. The molecule has 0 N–H and O–H groups in total. The minimum Gasteiger partial charge on any atom is -0.497 e. The van der Waals surface area contributed by atoms with E-state index in [4.69, 9.17) is 9.47 Å². The maximum absolute atomic E-state index is 14.9. The molecule has 4 aromatic carbocycles. The maximum atomic E-state index is 14.9. The molecule has 178 valence electrons. The van der Waals surface area contributed by atoms with Crippen LogP contribution in [-0.4, -0.2) is 20.2 Å². The van der Waals surface area contributed by atoms with Gasteiger partial charge in [-0.15, -0.1) is 0 Å². The molecular weight excluding hydrogens is 464 g/mol. The van der Waals surface area contributed by atoms with Gasteiger partial charge in [-0.05, 0) is 47.5 Å². The van der Waals surface area contributed by atoms with Crippen molar-refractivity contribution >= 4 is 5.97 Å². The molecule has 0 saturated heterocycles. The quantitative estimate of drug-likeness (QED) is 0.172. The summed E-state index contributed by atoms with van der Waals surface area (Å²) in [7, 11) is 2.67. The van der Waals surface area contributed by atoms with Gasteiger partial charge in [0, 0.05) is 11.1 Å². The average molecular weight is 482 g/mol. The Morgan fingerprint density at radius 2 is 1.09 bits per heavy atom. The van der Waals surface area contributed by atoms with Gasteiger partial charge in [0.25, 0.3) is 0 Å². The van der Waals surface area contributed by atoms with Crippen molar-refractivity contribution in [2.45, 2.75) is 0 Å². The van der Waals surface area contributed by atoms with Crippen LogP contribution < -0.4 is 14.2 Å². The number of halogens is 4. The average Bonchev–Trinajstić information content (AvgIpc) is 2.88. The van der Waals surface area contributed by atoms with Crippen molar-refractivity contribution in [3.63, 3.8) is 0 Å². The Balaban J connectivity index is 1.55. The molecule has 0 saturated carbocycles. The molecule has 0 aromatic heterocycles. The van der Waals surface area contributed by atoms with Crippen molar-refractivity contribution in [3.05, 3.63) is 102 Å². The minimum atomic E-state index is -1.40. The highest BCUT2D eigenvalue weighted by Gasteiger charge is 2.21. The van der Waals surface area contributed by atoms with Crippen molar-refractivity contribution < 1.29 is 36.6 Å². The monoisotopic (exact) mass is 482 g/mol. The first kappa shape index (κ1) is 23.8. The summed E-state index contributed by atoms with van der Waals surface area (Å²) in [6.45, 7) is 0. The molecular formula is C27H18F4O4. The Morgan fingerprint density at radius 3 is 1.57 bits per heavy atom. The van der Waals surface area contributed by atoms with E-state index < -0.39 is 34.8 Å². The van der Waals surface area contributed by atoms with Gasteiger partial charge in [-0.25, -0.2) is 18.0 Å². The molecule has 0 aliphatic rings. The third kappa shape index (κ3) is 4.68. The predicted octanol–water partition coefficient (Wildman–Crippen LogP) is 6.81. The zero-order valence-electron chi connectivity index (χ0n) is 18.6. The van der Waals surface area contributed by atoms with Gasteiger partial charge in [0.05, 0.1) is 19.8 Å². The molecule has 0 heterocycles. The molecule has 0 unspecified atom stereocenters. The molecule has 0 spiro atoms. The number of carbonyl (C=O) groups excluding carboxylic acids is 1. The number of carbonyl (C=O) groups is 1. The number of ether oxygens (including phenoxy) is 3. The van der Waals surface area contributed by atoms with Crippen LogP contribution in [0.25, 0.3) is 22.3 Å². The summed E-state index contributed by atoms with van der Waals surface area (Å²) >= 11 is 0. The summed E-state index contributed by atoms with van der Waals surface area (Å²) in [4.78, 5) is 12.3. The molecule has 35 heavy (non-hydrogen) atoms. The van der Waals surface area contributed by atoms with E-state index in [1.165, 1.54) is 50.6 Å². The number of benzene rings is 4. The van der Waals surface area contributed by atoms with E-state index in [1.807, 2.05) is 0 Å². The molecule has 4 rings (SSSR count). The number of esters is 1. The number of hydrogen-bond acceptors (Lipinski definition) is 4. The molecule has 0 fully saturated rings. The Morgan fingerprint density at radius 1 is 0.571 bits per heavy atom. The number of hydrogen-bond donors (Lipinski definition) is 0. The van der Waals surface area contributed by atoms with Gasteiger partial charge < -0.3 is 14.2 Å². The lowest BCUT2D eigenvalue weighted by molar-refractivity contribution is 0.0728. The van der Waals surface area contributed by atoms with Crippen molar-refractivity contribution in [2.24, 2.45) is 0 Å². The molecule has 0 atom stereocenters. The molecule has 4 aromatic rings. The van der Waals surface area contributed by atoms with Gasteiger partial charge in [-0.3, -0.25) is 0 Å². The SMILES string of the molecule is COc1ccc(-c2ccc(-c3ccc(OC(=O)c4ccc(OC)c(F)c4F)cc3)c(F)c2F)cc1. The van der Waals surface area contributed by atoms with Crippen molar-refractivity contribution in [3.8, 4) is 39.5 Å². The lowest BCUT2D eigenvalue weighted by atomic mass is 9.98. The second kappa shape index (κ2) is 9.89. The van der Waals surface area contributed by atoms with Crippen molar-refractivity contribution in [1.82, 2.24) is 0 Å². The lowest BCUT2D eigenvalue weighted by Crippen LogP contribution is -2.12. The van der Waals surface area contributed by atoms with Crippen LogP contribution in [0.3, 0.4) is 0 Å². The first-order valence-corrected chi connectivity index (χ1v) is 10.3. The summed E-state index contributed by atoms with van der Waals surface area (Å²) < 4.78 is 72.5. The van der Waals surface area contributed by atoms with Crippen LogP contribution in [0.4, 0.5) is 17.6 Å². The van der Waals surface area contributed by atoms with Gasteiger partial charge >= 0.3 is 5.97 Å². The van der Waals surface area contributed by atoms with Crippen LogP contribution in [0.15, 0.2) is 72.8 Å². The van der Waals surface area contributed by atoms with Gasteiger partial charge in [-0.2, -0.15) is 4.39 Å². The fraction of sp³-hybridized carbons (Fsp3) is 0.0741. The van der Waals surface area contributed by atoms with Crippen LogP contribution in [-0.2, 0) is 0 Å². The summed E-state index contributed by atoms with van der Waals surface area (Å²) in [5, 5.41) is 0. The Hall–Kier alpha value is -4.33. The first-order valence-electron chi connectivity index (χ1n) is 10.3. The maximum Gasteiger partial charge on any atom is 0.346 e. The highest BCUT2D eigenvalue weighted by Crippen LogP contribution is 2.33. The molecule has 0 bridgehead atoms. The second-order valence-electron chi connectivity index (χ2n) is 7.37. The van der Waals surface area contributed by atoms with Gasteiger partial charge in [0.1, 0.15) is 11.5 Å². The normalized spacial score (nSPS) is 10.7. The highest BCUT2D eigenvalue weighted by molar-refractivity contribution is 5.91. The van der Waals surface area contributed by atoms with Crippen LogP contribution in [0.1, 0.15) is 10.4 Å². The fourth-order valence-electron chi connectivity index (χ4n) is 3.48. The van der Waals surface area contributed by atoms with Crippen LogP contribution in [0, 0.1) is 23.3 Å². The van der Waals surface area contributed by atoms with Crippen LogP contribution in [0.5, 0.6) is 17.2 Å². The summed E-state index contributed by atoms with van der Waals surface area (Å²) in [6, 6.07) is 17.1. The lowest BCUT2D eigenvalue weighted by Gasteiger charge is -2.11. The summed E-state index contributed by atoms with van der Waals surface area (Å²) in [5.41, 5.74) is 0.283. The molecule has 0 aliphatic carbocycles. The summed E-state index contributed by atoms with van der Waals surface area (Å²) in [6.07, 6.45) is 0. The Bertz CT molecular complexity index is 1380. The number of rotatable bonds is 6. The fourth-order valence-corrected chi connectivity index (χ4v) is 3.48. The molecule has 8 heteroatoms. The third-order valence-corrected chi connectivity index (χ3v) is 5.35. The zero-order chi connectivity index (χ0) is 25.1. The predicted molar refractivity (Wildman–Crippen MR) is 122 cm³/mol. The van der Waals surface area contributed by atoms with Crippen molar-refractivity contribution in [2.75, 3.05) is 14.2 Å². The van der Waals surface area contributed by atoms with Gasteiger partial charge in [-0.1, -0.05) is 36.4 Å². The van der Waals surface area contributed by atoms with E-state index >= 15 is 0 Å². The minimum absolute atomic E-state index is 0.000841. The standard InChI is InChI=1S/C27H18F4O4/c1-33-17-7-3-15(4-8-17)19-11-12-20(24(29)23(19)28)16-5-9-18(10-6-16)35-27(32)21-13-14-22(34-2)26(31)25(21)30/h3-14H,1-2H3. The van der Waals surface area contributed by atoms with Gasteiger partial charge in [0.15, 0.2) is 23.2 Å². The Labute approximate surface area is 198 Å².